The molecule has 1 aromatic carbocycles. The summed E-state index contributed by atoms with van der Waals surface area (Å²) < 4.78 is 0. The molecule has 0 fully saturated rings. The van der Waals surface area contributed by atoms with Crippen LogP contribution in [0.15, 0.2) is 41.8 Å². The molecule has 21 heavy (non-hydrogen) atoms. The fraction of sp³-hybridized carbons (Fsp3) is 0.294. The maximum absolute atomic E-state index is 12.5. The van der Waals surface area contributed by atoms with Crippen molar-refractivity contribution < 1.29 is 4.79 Å². The molecule has 0 aliphatic rings. The highest BCUT2D eigenvalue weighted by molar-refractivity contribution is 7.10. The van der Waals surface area contributed by atoms with E-state index in [1.54, 1.807) is 23.5 Å². The summed E-state index contributed by atoms with van der Waals surface area (Å²) >= 11 is 1.61. The summed E-state index contributed by atoms with van der Waals surface area (Å²) in [6.45, 7) is 4.69. The van der Waals surface area contributed by atoms with Gasteiger partial charge < -0.3 is 4.90 Å². The van der Waals surface area contributed by atoms with E-state index in [4.69, 9.17) is 5.26 Å². The summed E-state index contributed by atoms with van der Waals surface area (Å²) in [6.07, 6.45) is 0.451. The highest BCUT2D eigenvalue weighted by atomic mass is 32.1. The van der Waals surface area contributed by atoms with Crippen molar-refractivity contribution in [2.45, 2.75) is 26.3 Å². The summed E-state index contributed by atoms with van der Waals surface area (Å²) in [7, 11) is 0. The molecule has 4 heteroatoms. The largest absolute Gasteiger partial charge is 0.336 e. The van der Waals surface area contributed by atoms with E-state index in [9.17, 15) is 4.79 Å². The van der Waals surface area contributed by atoms with Gasteiger partial charge in [0, 0.05) is 11.4 Å². The quantitative estimate of drug-likeness (QED) is 0.843. The summed E-state index contributed by atoms with van der Waals surface area (Å²) in [5.74, 6) is 0.136. The van der Waals surface area contributed by atoms with Crippen LogP contribution in [-0.2, 0) is 11.2 Å². The molecule has 0 radical (unpaired) electrons. The Morgan fingerprint density at radius 1 is 1.33 bits per heavy atom. The van der Waals surface area contributed by atoms with Gasteiger partial charge in [-0.05, 0) is 43.0 Å². The number of likely N-dealkylation sites (N-methyl/N-ethyl adjacent to an activating group) is 1. The van der Waals surface area contributed by atoms with E-state index in [0.29, 0.717) is 18.5 Å². The number of hydrogen-bond acceptors (Lipinski definition) is 3. The van der Waals surface area contributed by atoms with E-state index in [0.717, 1.165) is 10.4 Å². The first-order valence-electron chi connectivity index (χ1n) is 6.97. The molecule has 0 aliphatic carbocycles. The molecule has 1 unspecified atom stereocenters. The molecule has 2 rings (SSSR count). The molecule has 2 aromatic rings. The lowest BCUT2D eigenvalue weighted by molar-refractivity contribution is -0.132. The summed E-state index contributed by atoms with van der Waals surface area (Å²) in [4.78, 5) is 15.4. The number of amides is 1. The Bertz CT molecular complexity index is 626. The van der Waals surface area contributed by atoms with Crippen molar-refractivity contribution in [2.24, 2.45) is 0 Å². The maximum atomic E-state index is 12.5. The molecule has 108 valence electrons. The van der Waals surface area contributed by atoms with Gasteiger partial charge >= 0.3 is 0 Å². The van der Waals surface area contributed by atoms with Gasteiger partial charge in [0.05, 0.1) is 24.1 Å². The van der Waals surface area contributed by atoms with Gasteiger partial charge in [-0.3, -0.25) is 4.79 Å². The number of carbonyl (C=O) groups excluding carboxylic acids is 1. The highest BCUT2D eigenvalue weighted by Crippen LogP contribution is 2.22. The smallest absolute Gasteiger partial charge is 0.228 e. The van der Waals surface area contributed by atoms with Crippen LogP contribution in [0.3, 0.4) is 0 Å². The second kappa shape index (κ2) is 7.05. The lowest BCUT2D eigenvalue weighted by Gasteiger charge is -2.28. The standard InChI is InChI=1S/C17H18N2OS/c1-3-19(17(20)11-16-5-4-10-21-16)13(2)15-8-6-14(12-18)7-9-15/h4-10,13H,3,11H2,1-2H3. The Kier molecular flexibility index (Phi) is 5.13. The average Bonchev–Trinajstić information content (AvgIpc) is 3.01. The fourth-order valence-corrected chi connectivity index (χ4v) is 3.04. The lowest BCUT2D eigenvalue weighted by atomic mass is 10.0. The monoisotopic (exact) mass is 298 g/mol. The first-order valence-corrected chi connectivity index (χ1v) is 7.85. The maximum Gasteiger partial charge on any atom is 0.228 e. The van der Waals surface area contributed by atoms with Crippen molar-refractivity contribution in [1.82, 2.24) is 4.90 Å². The van der Waals surface area contributed by atoms with Gasteiger partial charge in [-0.15, -0.1) is 11.3 Å². The summed E-state index contributed by atoms with van der Waals surface area (Å²) in [5.41, 5.74) is 1.69. The Labute approximate surface area is 129 Å². The molecule has 1 aromatic heterocycles. The topological polar surface area (TPSA) is 44.1 Å². The molecular weight excluding hydrogens is 280 g/mol. The minimum absolute atomic E-state index is 0.00945. The average molecular weight is 298 g/mol. The Morgan fingerprint density at radius 3 is 2.57 bits per heavy atom. The second-order valence-electron chi connectivity index (χ2n) is 4.85. The summed E-state index contributed by atoms with van der Waals surface area (Å²) in [6, 6.07) is 13.5. The first kappa shape index (κ1) is 15.3. The van der Waals surface area contributed by atoms with Crippen LogP contribution < -0.4 is 0 Å². The van der Waals surface area contributed by atoms with Crippen molar-refractivity contribution in [1.29, 1.82) is 5.26 Å². The minimum Gasteiger partial charge on any atom is -0.336 e. The Morgan fingerprint density at radius 2 is 2.05 bits per heavy atom. The van der Waals surface area contributed by atoms with Crippen LogP contribution in [-0.4, -0.2) is 17.4 Å². The fourth-order valence-electron chi connectivity index (χ4n) is 2.35. The normalized spacial score (nSPS) is 11.7. The molecule has 1 heterocycles. The van der Waals surface area contributed by atoms with Crippen molar-refractivity contribution in [3.63, 3.8) is 0 Å². The number of nitriles is 1. The van der Waals surface area contributed by atoms with Gasteiger partial charge in [-0.1, -0.05) is 18.2 Å². The van der Waals surface area contributed by atoms with E-state index < -0.39 is 0 Å². The third kappa shape index (κ3) is 3.71. The van der Waals surface area contributed by atoms with E-state index in [1.165, 1.54) is 0 Å². The molecular formula is C17H18N2OS. The molecule has 0 aliphatic heterocycles. The first-order chi connectivity index (χ1) is 10.2. The second-order valence-corrected chi connectivity index (χ2v) is 5.88. The minimum atomic E-state index is 0.00945. The van der Waals surface area contributed by atoms with E-state index >= 15 is 0 Å². The van der Waals surface area contributed by atoms with Crippen LogP contribution >= 0.6 is 11.3 Å². The zero-order valence-corrected chi connectivity index (χ0v) is 13.1. The van der Waals surface area contributed by atoms with Gasteiger partial charge in [-0.25, -0.2) is 0 Å². The SMILES string of the molecule is CCN(C(=O)Cc1cccs1)C(C)c1ccc(C#N)cc1. The van der Waals surface area contributed by atoms with Crippen molar-refractivity contribution >= 4 is 17.2 Å². The molecule has 0 spiro atoms. The molecule has 0 saturated heterocycles. The van der Waals surface area contributed by atoms with Gasteiger partial charge in [0.1, 0.15) is 0 Å². The zero-order chi connectivity index (χ0) is 15.2. The van der Waals surface area contributed by atoms with Crippen LogP contribution in [0.25, 0.3) is 0 Å². The number of thiophene rings is 1. The molecule has 0 N–H and O–H groups in total. The number of benzene rings is 1. The molecule has 3 nitrogen and oxygen atoms in total. The predicted octanol–water partition coefficient (Wildman–Crippen LogP) is 3.77. The van der Waals surface area contributed by atoms with Crippen LogP contribution in [0.4, 0.5) is 0 Å². The lowest BCUT2D eigenvalue weighted by Crippen LogP contribution is -2.34. The predicted molar refractivity (Wildman–Crippen MR) is 85.0 cm³/mol. The third-order valence-corrected chi connectivity index (χ3v) is 4.43. The summed E-state index contributed by atoms with van der Waals surface area (Å²) in [5, 5.41) is 10.8. The van der Waals surface area contributed by atoms with Crippen molar-refractivity contribution in [2.75, 3.05) is 6.54 Å². The highest BCUT2D eigenvalue weighted by Gasteiger charge is 2.20. The number of carbonyl (C=O) groups is 1. The van der Waals surface area contributed by atoms with E-state index in [1.807, 2.05) is 48.4 Å². The van der Waals surface area contributed by atoms with E-state index in [2.05, 4.69) is 6.07 Å². The molecule has 1 atom stereocenters. The molecule has 0 bridgehead atoms. The Hall–Kier alpha value is -2.12. The van der Waals surface area contributed by atoms with Crippen LogP contribution in [0, 0.1) is 11.3 Å². The van der Waals surface area contributed by atoms with Gasteiger partial charge in [0.2, 0.25) is 5.91 Å². The Balaban J connectivity index is 2.11. The van der Waals surface area contributed by atoms with Crippen molar-refractivity contribution in [3.05, 3.63) is 57.8 Å². The number of nitrogens with zero attached hydrogens (tertiary/aromatic N) is 2. The van der Waals surface area contributed by atoms with Crippen LogP contribution in [0.5, 0.6) is 0 Å². The van der Waals surface area contributed by atoms with E-state index in [-0.39, 0.29) is 11.9 Å². The van der Waals surface area contributed by atoms with Crippen molar-refractivity contribution in [3.8, 4) is 6.07 Å². The molecule has 0 saturated carbocycles. The zero-order valence-electron chi connectivity index (χ0n) is 12.2. The molecule has 1 amide bonds. The number of hydrogen-bond donors (Lipinski definition) is 0. The van der Waals surface area contributed by atoms with Gasteiger partial charge in [0.15, 0.2) is 0 Å². The van der Waals surface area contributed by atoms with Gasteiger partial charge in [-0.2, -0.15) is 5.26 Å². The van der Waals surface area contributed by atoms with Crippen LogP contribution in [0.2, 0.25) is 0 Å². The van der Waals surface area contributed by atoms with Gasteiger partial charge in [0.25, 0.3) is 0 Å². The number of rotatable bonds is 5. The third-order valence-electron chi connectivity index (χ3n) is 3.56. The van der Waals surface area contributed by atoms with Crippen LogP contribution in [0.1, 0.15) is 35.9 Å².